The first-order chi connectivity index (χ1) is 8.99. The SMILES string of the molecule is CC(=O)N(C)N=Nc1cc2c(cc1C(N)=O)OCO2. The van der Waals surface area contributed by atoms with Gasteiger partial charge in [-0.15, -0.1) is 5.11 Å². The van der Waals surface area contributed by atoms with Crippen molar-refractivity contribution in [2.45, 2.75) is 6.92 Å². The molecule has 19 heavy (non-hydrogen) atoms. The van der Waals surface area contributed by atoms with Crippen molar-refractivity contribution in [2.24, 2.45) is 16.1 Å². The van der Waals surface area contributed by atoms with Crippen LogP contribution >= 0.6 is 0 Å². The summed E-state index contributed by atoms with van der Waals surface area (Å²) < 4.78 is 10.3. The Bertz CT molecular complexity index is 570. The fourth-order valence-electron chi connectivity index (χ4n) is 1.39. The molecule has 1 aromatic rings. The molecule has 0 saturated heterocycles. The van der Waals surface area contributed by atoms with Crippen LogP contribution in [0, 0.1) is 0 Å². The van der Waals surface area contributed by atoms with E-state index in [0.29, 0.717) is 11.5 Å². The van der Waals surface area contributed by atoms with Crippen LogP contribution in [0.4, 0.5) is 5.69 Å². The fraction of sp³-hybridized carbons (Fsp3) is 0.273. The summed E-state index contributed by atoms with van der Waals surface area (Å²) in [6.07, 6.45) is 0. The van der Waals surface area contributed by atoms with E-state index >= 15 is 0 Å². The van der Waals surface area contributed by atoms with E-state index in [1.165, 1.54) is 26.1 Å². The first kappa shape index (κ1) is 12.8. The molecule has 0 atom stereocenters. The van der Waals surface area contributed by atoms with E-state index in [0.717, 1.165) is 5.01 Å². The molecular formula is C11H12N4O4. The number of hydrogen-bond acceptors (Lipinski definition) is 6. The first-order valence-electron chi connectivity index (χ1n) is 5.38. The van der Waals surface area contributed by atoms with Gasteiger partial charge in [-0.05, 0) is 6.07 Å². The van der Waals surface area contributed by atoms with Gasteiger partial charge in [-0.2, -0.15) is 0 Å². The zero-order chi connectivity index (χ0) is 14.0. The maximum Gasteiger partial charge on any atom is 0.251 e. The van der Waals surface area contributed by atoms with Gasteiger partial charge in [0.2, 0.25) is 12.7 Å². The van der Waals surface area contributed by atoms with E-state index < -0.39 is 5.91 Å². The predicted molar refractivity (Wildman–Crippen MR) is 64.0 cm³/mol. The first-order valence-corrected chi connectivity index (χ1v) is 5.38. The summed E-state index contributed by atoms with van der Waals surface area (Å²) in [7, 11) is 1.45. The molecule has 2 rings (SSSR count). The number of amides is 2. The summed E-state index contributed by atoms with van der Waals surface area (Å²) in [4.78, 5) is 22.4. The summed E-state index contributed by atoms with van der Waals surface area (Å²) in [6.45, 7) is 1.41. The molecule has 8 heteroatoms. The number of benzene rings is 1. The minimum atomic E-state index is -0.669. The number of nitrogens with two attached hydrogens (primary N) is 1. The smallest absolute Gasteiger partial charge is 0.251 e. The molecule has 0 radical (unpaired) electrons. The molecular weight excluding hydrogens is 252 g/mol. The lowest BCUT2D eigenvalue weighted by Gasteiger charge is -2.06. The Morgan fingerprint density at radius 1 is 1.32 bits per heavy atom. The van der Waals surface area contributed by atoms with Crippen LogP contribution in [0.25, 0.3) is 0 Å². The van der Waals surface area contributed by atoms with Crippen molar-refractivity contribution in [1.29, 1.82) is 0 Å². The van der Waals surface area contributed by atoms with Crippen molar-refractivity contribution in [3.05, 3.63) is 17.7 Å². The Balaban J connectivity index is 2.38. The van der Waals surface area contributed by atoms with Crippen LogP contribution in [-0.4, -0.2) is 30.7 Å². The lowest BCUT2D eigenvalue weighted by atomic mass is 10.1. The van der Waals surface area contributed by atoms with Crippen molar-refractivity contribution < 1.29 is 19.1 Å². The second kappa shape index (κ2) is 4.92. The summed E-state index contributed by atoms with van der Waals surface area (Å²) in [5.41, 5.74) is 5.61. The lowest BCUT2D eigenvalue weighted by molar-refractivity contribution is -0.127. The average Bonchev–Trinajstić information content (AvgIpc) is 2.81. The van der Waals surface area contributed by atoms with E-state index in [1.807, 2.05) is 0 Å². The normalized spacial score (nSPS) is 12.7. The third-order valence-electron chi connectivity index (χ3n) is 2.50. The molecule has 0 spiro atoms. The fourth-order valence-corrected chi connectivity index (χ4v) is 1.39. The average molecular weight is 264 g/mol. The van der Waals surface area contributed by atoms with Crippen LogP contribution in [0.2, 0.25) is 0 Å². The monoisotopic (exact) mass is 264 g/mol. The Morgan fingerprint density at radius 3 is 2.53 bits per heavy atom. The van der Waals surface area contributed by atoms with E-state index in [2.05, 4.69) is 10.3 Å². The van der Waals surface area contributed by atoms with Crippen LogP contribution < -0.4 is 15.2 Å². The molecule has 1 heterocycles. The Hall–Kier alpha value is -2.64. The molecule has 0 unspecified atom stereocenters. The number of fused-ring (bicyclic) bond motifs is 1. The second-order valence-electron chi connectivity index (χ2n) is 3.82. The van der Waals surface area contributed by atoms with Crippen LogP contribution in [0.15, 0.2) is 22.5 Å². The third kappa shape index (κ3) is 2.62. The molecule has 0 fully saturated rings. The van der Waals surface area contributed by atoms with Gasteiger partial charge in [0.25, 0.3) is 5.91 Å². The molecule has 0 saturated carbocycles. The van der Waals surface area contributed by atoms with Gasteiger partial charge in [0.1, 0.15) is 5.69 Å². The molecule has 2 amide bonds. The van der Waals surface area contributed by atoms with Gasteiger partial charge in [0.05, 0.1) is 5.56 Å². The standard InChI is InChI=1S/C11H12N4O4/c1-6(16)15(2)14-13-8-4-10-9(18-5-19-10)3-7(8)11(12)17/h3-4H,5H2,1-2H3,(H2,12,17). The van der Waals surface area contributed by atoms with Gasteiger partial charge in [0, 0.05) is 20.0 Å². The molecule has 1 aromatic carbocycles. The number of carbonyl (C=O) groups is 2. The number of hydrogen-bond donors (Lipinski definition) is 1. The van der Waals surface area contributed by atoms with Gasteiger partial charge in [-0.1, -0.05) is 5.22 Å². The van der Waals surface area contributed by atoms with E-state index in [1.54, 1.807) is 0 Å². The van der Waals surface area contributed by atoms with Gasteiger partial charge < -0.3 is 15.2 Å². The predicted octanol–water partition coefficient (Wildman–Crippen LogP) is 0.991. The maximum atomic E-state index is 11.3. The zero-order valence-corrected chi connectivity index (χ0v) is 10.4. The van der Waals surface area contributed by atoms with E-state index in [-0.39, 0.29) is 24.0 Å². The van der Waals surface area contributed by atoms with Crippen molar-refractivity contribution >= 4 is 17.5 Å². The Labute approximate surface area is 108 Å². The Kier molecular flexibility index (Phi) is 3.32. The molecule has 1 aliphatic rings. The summed E-state index contributed by atoms with van der Waals surface area (Å²) in [5.74, 6) is -0.0834. The molecule has 100 valence electrons. The number of ether oxygens (including phenoxy) is 2. The highest BCUT2D eigenvalue weighted by atomic mass is 16.7. The number of carbonyl (C=O) groups excluding carboxylic acids is 2. The summed E-state index contributed by atoms with van der Waals surface area (Å²) in [6, 6.07) is 2.92. The number of nitrogens with zero attached hydrogens (tertiary/aromatic N) is 3. The minimum Gasteiger partial charge on any atom is -0.454 e. The number of primary amides is 1. The van der Waals surface area contributed by atoms with Crippen molar-refractivity contribution in [3.63, 3.8) is 0 Å². The van der Waals surface area contributed by atoms with Crippen LogP contribution in [0.3, 0.4) is 0 Å². The van der Waals surface area contributed by atoms with Crippen LogP contribution in [0.5, 0.6) is 11.5 Å². The zero-order valence-electron chi connectivity index (χ0n) is 10.4. The van der Waals surface area contributed by atoms with E-state index in [4.69, 9.17) is 15.2 Å². The second-order valence-corrected chi connectivity index (χ2v) is 3.82. The minimum absolute atomic E-state index is 0.0709. The molecule has 8 nitrogen and oxygen atoms in total. The quantitative estimate of drug-likeness (QED) is 0.648. The van der Waals surface area contributed by atoms with Gasteiger partial charge in [0.15, 0.2) is 11.5 Å². The maximum absolute atomic E-state index is 11.3. The summed E-state index contributed by atoms with van der Waals surface area (Å²) >= 11 is 0. The van der Waals surface area contributed by atoms with Gasteiger partial charge >= 0.3 is 0 Å². The van der Waals surface area contributed by atoms with Crippen molar-refractivity contribution in [1.82, 2.24) is 5.01 Å². The topological polar surface area (TPSA) is 107 Å². The summed E-state index contributed by atoms with van der Waals surface area (Å²) in [5, 5.41) is 8.52. The largest absolute Gasteiger partial charge is 0.454 e. The van der Waals surface area contributed by atoms with Crippen molar-refractivity contribution in [2.75, 3.05) is 13.8 Å². The third-order valence-corrected chi connectivity index (χ3v) is 2.50. The molecule has 0 aromatic heterocycles. The van der Waals surface area contributed by atoms with Crippen molar-refractivity contribution in [3.8, 4) is 11.5 Å². The number of rotatable bonds is 3. The highest BCUT2D eigenvalue weighted by molar-refractivity contribution is 5.98. The van der Waals surface area contributed by atoms with Crippen LogP contribution in [-0.2, 0) is 4.79 Å². The van der Waals surface area contributed by atoms with E-state index in [9.17, 15) is 9.59 Å². The highest BCUT2D eigenvalue weighted by Crippen LogP contribution is 2.38. The lowest BCUT2D eigenvalue weighted by Crippen LogP contribution is -2.16. The Morgan fingerprint density at radius 2 is 1.95 bits per heavy atom. The highest BCUT2D eigenvalue weighted by Gasteiger charge is 2.19. The molecule has 1 aliphatic heterocycles. The molecule has 0 aliphatic carbocycles. The van der Waals surface area contributed by atoms with Gasteiger partial charge in [-0.25, -0.2) is 5.01 Å². The van der Waals surface area contributed by atoms with Crippen LogP contribution in [0.1, 0.15) is 17.3 Å². The molecule has 0 bridgehead atoms. The van der Waals surface area contributed by atoms with Gasteiger partial charge in [-0.3, -0.25) is 9.59 Å². The molecule has 2 N–H and O–H groups in total.